The number of benzene rings is 1. The highest BCUT2D eigenvalue weighted by Gasteiger charge is 2.30. The van der Waals surface area contributed by atoms with Gasteiger partial charge in [0.15, 0.2) is 6.10 Å². The molecule has 0 bridgehead atoms. The number of ether oxygens (including phenoxy) is 1. The van der Waals surface area contributed by atoms with Crippen LogP contribution in [0.2, 0.25) is 0 Å². The van der Waals surface area contributed by atoms with Crippen LogP contribution >= 0.6 is 0 Å². The van der Waals surface area contributed by atoms with Crippen molar-refractivity contribution in [3.8, 4) is 0 Å². The third-order valence-electron chi connectivity index (χ3n) is 4.08. The van der Waals surface area contributed by atoms with E-state index in [2.05, 4.69) is 0 Å². The number of hydrogen-bond donors (Lipinski definition) is 1. The second-order valence-electron chi connectivity index (χ2n) is 5.57. The molecule has 0 spiro atoms. The highest BCUT2D eigenvalue weighted by atomic mass is 16.5. The van der Waals surface area contributed by atoms with E-state index in [1.807, 2.05) is 42.2 Å². The van der Waals surface area contributed by atoms with Crippen molar-refractivity contribution < 1.29 is 9.53 Å². The monoisotopic (exact) mass is 276 g/mol. The van der Waals surface area contributed by atoms with Gasteiger partial charge in [-0.25, -0.2) is 0 Å². The quantitative estimate of drug-likeness (QED) is 0.914. The van der Waals surface area contributed by atoms with Crippen molar-refractivity contribution in [3.63, 3.8) is 0 Å². The number of amides is 1. The summed E-state index contributed by atoms with van der Waals surface area (Å²) in [6, 6.07) is 9.78. The molecule has 1 saturated heterocycles. The van der Waals surface area contributed by atoms with Crippen LogP contribution in [0.4, 0.5) is 0 Å². The van der Waals surface area contributed by atoms with Crippen molar-refractivity contribution in [3.05, 3.63) is 35.9 Å². The lowest BCUT2D eigenvalue weighted by Gasteiger charge is -2.36. The highest BCUT2D eigenvalue weighted by Crippen LogP contribution is 2.24. The molecule has 1 aliphatic rings. The van der Waals surface area contributed by atoms with E-state index >= 15 is 0 Å². The third kappa shape index (κ3) is 3.38. The van der Waals surface area contributed by atoms with E-state index in [1.165, 1.54) is 0 Å². The largest absolute Gasteiger partial charge is 0.367 e. The Labute approximate surface area is 120 Å². The van der Waals surface area contributed by atoms with E-state index in [-0.39, 0.29) is 11.9 Å². The third-order valence-corrected chi connectivity index (χ3v) is 4.08. The summed E-state index contributed by atoms with van der Waals surface area (Å²) in [7, 11) is 1.59. The first-order valence-corrected chi connectivity index (χ1v) is 7.25. The molecule has 1 aliphatic heterocycles. The minimum absolute atomic E-state index is 0.0454. The Balaban J connectivity index is 2.09. The van der Waals surface area contributed by atoms with Crippen molar-refractivity contribution in [2.24, 2.45) is 11.7 Å². The van der Waals surface area contributed by atoms with Crippen LogP contribution < -0.4 is 5.73 Å². The van der Waals surface area contributed by atoms with Gasteiger partial charge < -0.3 is 15.4 Å². The first-order valence-electron chi connectivity index (χ1n) is 7.25. The van der Waals surface area contributed by atoms with Crippen LogP contribution in [0.1, 0.15) is 31.4 Å². The van der Waals surface area contributed by atoms with Crippen LogP contribution in [-0.4, -0.2) is 37.0 Å². The topological polar surface area (TPSA) is 55.6 Å². The van der Waals surface area contributed by atoms with Gasteiger partial charge in [0.1, 0.15) is 0 Å². The Hall–Kier alpha value is -1.39. The maximum Gasteiger partial charge on any atom is 0.256 e. The zero-order chi connectivity index (χ0) is 14.5. The van der Waals surface area contributed by atoms with E-state index in [0.29, 0.717) is 5.92 Å². The average molecular weight is 276 g/mol. The van der Waals surface area contributed by atoms with Crippen molar-refractivity contribution in [2.75, 3.05) is 20.2 Å². The van der Waals surface area contributed by atoms with Gasteiger partial charge in [-0.2, -0.15) is 0 Å². The normalized spacial score (nSPS) is 22.4. The number of piperidine rings is 1. The molecule has 0 saturated carbocycles. The summed E-state index contributed by atoms with van der Waals surface area (Å²) in [4.78, 5) is 14.6. The van der Waals surface area contributed by atoms with Gasteiger partial charge in [-0.1, -0.05) is 30.3 Å². The van der Waals surface area contributed by atoms with E-state index in [0.717, 1.165) is 31.5 Å². The molecule has 0 aromatic heterocycles. The van der Waals surface area contributed by atoms with Crippen LogP contribution in [-0.2, 0) is 9.53 Å². The molecule has 1 aromatic carbocycles. The lowest BCUT2D eigenvalue weighted by molar-refractivity contribution is -0.144. The summed E-state index contributed by atoms with van der Waals surface area (Å²) in [5, 5.41) is 0. The Bertz CT molecular complexity index is 433. The number of nitrogens with zero attached hydrogens (tertiary/aromatic N) is 1. The fourth-order valence-corrected chi connectivity index (χ4v) is 2.81. The zero-order valence-corrected chi connectivity index (χ0v) is 12.3. The van der Waals surface area contributed by atoms with Gasteiger partial charge >= 0.3 is 0 Å². The fraction of sp³-hybridized carbons (Fsp3) is 0.562. The van der Waals surface area contributed by atoms with Gasteiger partial charge in [0, 0.05) is 26.2 Å². The molecule has 3 atom stereocenters. The molecular weight excluding hydrogens is 252 g/mol. The summed E-state index contributed by atoms with van der Waals surface area (Å²) in [6.07, 6.45) is 1.61. The van der Waals surface area contributed by atoms with E-state index in [9.17, 15) is 4.79 Å². The minimum Gasteiger partial charge on any atom is -0.367 e. The van der Waals surface area contributed by atoms with Crippen LogP contribution in [0.5, 0.6) is 0 Å². The molecule has 20 heavy (non-hydrogen) atoms. The standard InChI is InChI=1S/C16H24N2O2/c1-12(17)14-9-6-10-18(11-14)16(19)15(20-2)13-7-4-3-5-8-13/h3-5,7-8,12,14-15H,6,9-11,17H2,1-2H3/t12-,14-,15+/m1/s1. The first-order chi connectivity index (χ1) is 9.63. The second-order valence-corrected chi connectivity index (χ2v) is 5.57. The summed E-state index contributed by atoms with van der Waals surface area (Å²) < 4.78 is 5.42. The molecule has 1 fully saturated rings. The molecule has 110 valence electrons. The number of nitrogens with two attached hydrogens (primary N) is 1. The van der Waals surface area contributed by atoms with Crippen molar-refractivity contribution in [1.82, 2.24) is 4.90 Å². The van der Waals surface area contributed by atoms with Crippen molar-refractivity contribution in [1.29, 1.82) is 0 Å². The molecule has 1 heterocycles. The van der Waals surface area contributed by atoms with Crippen molar-refractivity contribution in [2.45, 2.75) is 31.9 Å². The summed E-state index contributed by atoms with van der Waals surface area (Å²) in [6.45, 7) is 3.56. The Kier molecular flexibility index (Phi) is 5.15. The summed E-state index contributed by atoms with van der Waals surface area (Å²) in [5.74, 6) is 0.435. The maximum absolute atomic E-state index is 12.7. The van der Waals surface area contributed by atoms with Crippen LogP contribution in [0.25, 0.3) is 0 Å². The number of hydrogen-bond acceptors (Lipinski definition) is 3. The van der Waals surface area contributed by atoms with Gasteiger partial charge in [0.25, 0.3) is 5.91 Å². The molecule has 0 unspecified atom stereocenters. The average Bonchev–Trinajstić information content (AvgIpc) is 2.49. The van der Waals surface area contributed by atoms with Gasteiger partial charge in [-0.05, 0) is 31.2 Å². The van der Waals surface area contributed by atoms with Crippen molar-refractivity contribution >= 4 is 5.91 Å². The highest BCUT2D eigenvalue weighted by molar-refractivity contribution is 5.82. The minimum atomic E-state index is -0.511. The van der Waals surface area contributed by atoms with E-state index in [1.54, 1.807) is 7.11 Å². The lowest BCUT2D eigenvalue weighted by atomic mass is 9.91. The van der Waals surface area contributed by atoms with Crippen LogP contribution in [0.15, 0.2) is 30.3 Å². The van der Waals surface area contributed by atoms with Gasteiger partial charge in [0.2, 0.25) is 0 Å². The van der Waals surface area contributed by atoms with E-state index in [4.69, 9.17) is 10.5 Å². The van der Waals surface area contributed by atoms with Crippen LogP contribution in [0, 0.1) is 5.92 Å². The number of carbonyl (C=O) groups excluding carboxylic acids is 1. The van der Waals surface area contributed by atoms with Crippen LogP contribution in [0.3, 0.4) is 0 Å². The van der Waals surface area contributed by atoms with Gasteiger partial charge in [0.05, 0.1) is 0 Å². The Morgan fingerprint density at radius 1 is 1.40 bits per heavy atom. The van der Waals surface area contributed by atoms with Gasteiger partial charge in [-0.15, -0.1) is 0 Å². The molecule has 4 nitrogen and oxygen atoms in total. The molecule has 2 rings (SSSR count). The predicted octanol–water partition coefficient (Wildman–Crippen LogP) is 1.96. The van der Waals surface area contributed by atoms with Gasteiger partial charge in [-0.3, -0.25) is 4.79 Å². The second kappa shape index (κ2) is 6.86. The number of carbonyl (C=O) groups is 1. The lowest BCUT2D eigenvalue weighted by Crippen LogP contribution is -2.46. The number of likely N-dealkylation sites (tertiary alicyclic amines) is 1. The smallest absolute Gasteiger partial charge is 0.256 e. The Morgan fingerprint density at radius 2 is 2.10 bits per heavy atom. The first kappa shape index (κ1) is 15.0. The molecular formula is C16H24N2O2. The molecule has 1 aromatic rings. The zero-order valence-electron chi connectivity index (χ0n) is 12.3. The molecule has 2 N–H and O–H groups in total. The molecule has 0 aliphatic carbocycles. The molecule has 1 amide bonds. The molecule has 0 radical (unpaired) electrons. The Morgan fingerprint density at radius 3 is 2.70 bits per heavy atom. The number of methoxy groups -OCH3 is 1. The summed E-state index contributed by atoms with van der Waals surface area (Å²) in [5.41, 5.74) is 6.89. The molecule has 4 heteroatoms. The summed E-state index contributed by atoms with van der Waals surface area (Å²) >= 11 is 0. The van der Waals surface area contributed by atoms with E-state index < -0.39 is 6.10 Å². The SMILES string of the molecule is CO[C@H](C(=O)N1CCC[C@@H]([C@@H](C)N)C1)c1ccccc1. The number of rotatable bonds is 4. The fourth-order valence-electron chi connectivity index (χ4n) is 2.81. The predicted molar refractivity (Wildman–Crippen MR) is 79.1 cm³/mol. The maximum atomic E-state index is 12.7.